The lowest BCUT2D eigenvalue weighted by molar-refractivity contribution is -0.129. The second-order valence-electron chi connectivity index (χ2n) is 7.17. The van der Waals surface area contributed by atoms with Gasteiger partial charge in [0.25, 0.3) is 11.8 Å². The van der Waals surface area contributed by atoms with Gasteiger partial charge in [0.1, 0.15) is 17.7 Å². The van der Waals surface area contributed by atoms with Crippen molar-refractivity contribution in [1.82, 2.24) is 15.2 Å². The highest BCUT2D eigenvalue weighted by molar-refractivity contribution is 5.98. The van der Waals surface area contributed by atoms with E-state index >= 15 is 0 Å². The molecule has 6 nitrogen and oxygen atoms in total. The fourth-order valence-corrected chi connectivity index (χ4v) is 3.22. The van der Waals surface area contributed by atoms with E-state index in [0.717, 1.165) is 29.0 Å². The van der Waals surface area contributed by atoms with E-state index < -0.39 is 35.9 Å². The summed E-state index contributed by atoms with van der Waals surface area (Å²) in [5, 5.41) is 11.5. The van der Waals surface area contributed by atoms with Gasteiger partial charge in [-0.2, -0.15) is 5.26 Å². The normalized spacial score (nSPS) is 11.3. The average Bonchev–Trinajstić information content (AvgIpc) is 2.80. The lowest BCUT2D eigenvalue weighted by Gasteiger charge is -2.21. The monoisotopic (exact) mass is 434 g/mol. The predicted molar refractivity (Wildman–Crippen MR) is 114 cm³/mol. The number of amides is 2. The lowest BCUT2D eigenvalue weighted by atomic mass is 10.0. The predicted octanol–water partition coefficient (Wildman–Crippen LogP) is 3.62. The zero-order chi connectivity index (χ0) is 23.3. The number of aryl methyl sites for hydroxylation is 1. The van der Waals surface area contributed by atoms with Gasteiger partial charge in [-0.25, -0.2) is 8.78 Å². The van der Waals surface area contributed by atoms with Crippen LogP contribution in [0.15, 0.2) is 60.8 Å². The van der Waals surface area contributed by atoms with Gasteiger partial charge in [-0.3, -0.25) is 19.5 Å². The standard InChI is InChI=1S/C24H20F2N4O2/c1-15-5-4-12-28-22(15)16-8-10-17(11-9-16)23(31)29-21(24(32)30(2)14-27)13-18-19(25)6-3-7-20(18)26/h3-12,21H,13H2,1-2H3,(H,29,31)/t21-/m0/s1. The van der Waals surface area contributed by atoms with Gasteiger partial charge in [0, 0.05) is 36.4 Å². The third-order valence-electron chi connectivity index (χ3n) is 4.98. The van der Waals surface area contributed by atoms with Crippen LogP contribution in [0.2, 0.25) is 0 Å². The summed E-state index contributed by atoms with van der Waals surface area (Å²) in [6.45, 7) is 1.92. The van der Waals surface area contributed by atoms with Crippen molar-refractivity contribution in [3.8, 4) is 17.5 Å². The molecule has 2 amide bonds. The van der Waals surface area contributed by atoms with Crippen molar-refractivity contribution in [3.05, 3.63) is 89.1 Å². The number of halogens is 2. The van der Waals surface area contributed by atoms with Crippen molar-refractivity contribution < 1.29 is 18.4 Å². The van der Waals surface area contributed by atoms with Gasteiger partial charge < -0.3 is 5.32 Å². The number of likely N-dealkylation sites (N-methyl/N-ethyl adjacent to an activating group) is 1. The van der Waals surface area contributed by atoms with E-state index in [2.05, 4.69) is 10.3 Å². The Kier molecular flexibility index (Phi) is 6.90. The van der Waals surface area contributed by atoms with Gasteiger partial charge in [-0.05, 0) is 42.8 Å². The number of carbonyl (C=O) groups is 2. The van der Waals surface area contributed by atoms with Gasteiger partial charge in [-0.15, -0.1) is 0 Å². The average molecular weight is 434 g/mol. The Balaban J connectivity index is 1.84. The molecule has 0 spiro atoms. The molecule has 1 atom stereocenters. The van der Waals surface area contributed by atoms with E-state index in [1.54, 1.807) is 36.7 Å². The van der Waals surface area contributed by atoms with Crippen LogP contribution in [0.3, 0.4) is 0 Å². The van der Waals surface area contributed by atoms with Crippen LogP contribution in [0.4, 0.5) is 8.78 Å². The van der Waals surface area contributed by atoms with Gasteiger partial charge in [-0.1, -0.05) is 24.3 Å². The summed E-state index contributed by atoms with van der Waals surface area (Å²) >= 11 is 0. The quantitative estimate of drug-likeness (QED) is 0.474. The Morgan fingerprint density at radius 2 is 1.75 bits per heavy atom. The van der Waals surface area contributed by atoms with Crippen molar-refractivity contribution >= 4 is 11.8 Å². The third-order valence-corrected chi connectivity index (χ3v) is 4.98. The Labute approximate surface area is 184 Å². The number of hydrogen-bond acceptors (Lipinski definition) is 4. The maximum atomic E-state index is 14.1. The van der Waals surface area contributed by atoms with Crippen LogP contribution >= 0.6 is 0 Å². The molecule has 0 radical (unpaired) electrons. The molecule has 0 unspecified atom stereocenters. The summed E-state index contributed by atoms with van der Waals surface area (Å²) < 4.78 is 28.2. The molecule has 3 aromatic rings. The highest BCUT2D eigenvalue weighted by Crippen LogP contribution is 2.21. The molecule has 0 aliphatic carbocycles. The van der Waals surface area contributed by atoms with E-state index in [4.69, 9.17) is 5.26 Å². The molecule has 0 saturated heterocycles. The molecule has 0 aliphatic rings. The molecule has 0 bridgehead atoms. The molecule has 3 rings (SSSR count). The first-order valence-corrected chi connectivity index (χ1v) is 9.75. The van der Waals surface area contributed by atoms with Crippen molar-refractivity contribution in [2.45, 2.75) is 19.4 Å². The highest BCUT2D eigenvalue weighted by atomic mass is 19.1. The number of nitrogens with zero attached hydrogens (tertiary/aromatic N) is 3. The first-order valence-electron chi connectivity index (χ1n) is 9.75. The van der Waals surface area contributed by atoms with Crippen LogP contribution in [0.1, 0.15) is 21.5 Å². The number of nitrogens with one attached hydrogen (secondary N) is 1. The number of rotatable bonds is 6. The maximum absolute atomic E-state index is 14.1. The summed E-state index contributed by atoms with van der Waals surface area (Å²) in [6, 6.07) is 12.3. The van der Waals surface area contributed by atoms with Crippen LogP contribution in [-0.2, 0) is 11.2 Å². The number of benzene rings is 2. The molecule has 0 aliphatic heterocycles. The molecular weight excluding hydrogens is 414 g/mol. The van der Waals surface area contributed by atoms with Crippen LogP contribution in [0.5, 0.6) is 0 Å². The number of aromatic nitrogens is 1. The Hall–Kier alpha value is -4.12. The van der Waals surface area contributed by atoms with E-state index in [1.165, 1.54) is 13.1 Å². The Morgan fingerprint density at radius 3 is 2.34 bits per heavy atom. The summed E-state index contributed by atoms with van der Waals surface area (Å²) in [5.74, 6) is -3.08. The third kappa shape index (κ3) is 4.95. The van der Waals surface area contributed by atoms with Crippen molar-refractivity contribution in [3.63, 3.8) is 0 Å². The Bertz CT molecular complexity index is 1170. The van der Waals surface area contributed by atoms with Gasteiger partial charge in [0.15, 0.2) is 6.19 Å². The summed E-state index contributed by atoms with van der Waals surface area (Å²) in [5.41, 5.74) is 2.46. The first-order chi connectivity index (χ1) is 15.3. The summed E-state index contributed by atoms with van der Waals surface area (Å²) in [4.78, 5) is 30.4. The molecule has 1 N–H and O–H groups in total. The minimum absolute atomic E-state index is 0.244. The summed E-state index contributed by atoms with van der Waals surface area (Å²) in [7, 11) is 1.21. The van der Waals surface area contributed by atoms with E-state index in [0.29, 0.717) is 4.90 Å². The maximum Gasteiger partial charge on any atom is 0.258 e. The highest BCUT2D eigenvalue weighted by Gasteiger charge is 2.27. The SMILES string of the molecule is Cc1cccnc1-c1ccc(C(=O)N[C@@H](Cc2c(F)cccc2F)C(=O)N(C)C#N)cc1. The summed E-state index contributed by atoms with van der Waals surface area (Å²) in [6.07, 6.45) is 2.87. The topological polar surface area (TPSA) is 86.1 Å². The minimum atomic E-state index is -1.34. The van der Waals surface area contributed by atoms with Gasteiger partial charge >= 0.3 is 0 Å². The largest absolute Gasteiger partial charge is 0.340 e. The van der Waals surface area contributed by atoms with Crippen LogP contribution < -0.4 is 5.32 Å². The molecule has 8 heteroatoms. The van der Waals surface area contributed by atoms with E-state index in [-0.39, 0.29) is 11.1 Å². The molecule has 0 fully saturated rings. The number of nitriles is 1. The van der Waals surface area contributed by atoms with Crippen molar-refractivity contribution in [2.75, 3.05) is 7.05 Å². The zero-order valence-corrected chi connectivity index (χ0v) is 17.5. The molecule has 0 saturated carbocycles. The first kappa shape index (κ1) is 22.6. The second kappa shape index (κ2) is 9.79. The zero-order valence-electron chi connectivity index (χ0n) is 17.5. The van der Waals surface area contributed by atoms with E-state index in [9.17, 15) is 18.4 Å². The van der Waals surface area contributed by atoms with Gasteiger partial charge in [0.05, 0.1) is 5.69 Å². The molecule has 162 valence electrons. The molecular formula is C24H20F2N4O2. The van der Waals surface area contributed by atoms with Crippen LogP contribution in [-0.4, -0.2) is 34.8 Å². The van der Waals surface area contributed by atoms with E-state index in [1.807, 2.05) is 19.1 Å². The number of pyridine rings is 1. The minimum Gasteiger partial charge on any atom is -0.340 e. The van der Waals surface area contributed by atoms with Gasteiger partial charge in [0.2, 0.25) is 0 Å². The van der Waals surface area contributed by atoms with Crippen molar-refractivity contribution in [2.24, 2.45) is 0 Å². The lowest BCUT2D eigenvalue weighted by Crippen LogP contribution is -2.47. The fraction of sp³-hybridized carbons (Fsp3) is 0.167. The van der Waals surface area contributed by atoms with Crippen LogP contribution in [0.25, 0.3) is 11.3 Å². The molecule has 1 aromatic heterocycles. The Morgan fingerprint density at radius 1 is 1.09 bits per heavy atom. The van der Waals surface area contributed by atoms with Crippen molar-refractivity contribution in [1.29, 1.82) is 5.26 Å². The second-order valence-corrected chi connectivity index (χ2v) is 7.17. The molecule has 32 heavy (non-hydrogen) atoms. The molecule has 1 heterocycles. The smallest absolute Gasteiger partial charge is 0.258 e. The number of carbonyl (C=O) groups excluding carboxylic acids is 2. The van der Waals surface area contributed by atoms with Crippen LogP contribution in [0, 0.1) is 30.0 Å². The molecule has 2 aromatic carbocycles. The number of hydrogen-bond donors (Lipinski definition) is 1. The fourth-order valence-electron chi connectivity index (χ4n) is 3.22.